The standard InChI is InChI=1S/C15H22O2S/c1-12(16-10-14-7-8-14)9-13-3-5-15(6-4-13)11-17-18-2/h3-6,12,14H,7-11H2,1-2H3. The minimum Gasteiger partial charge on any atom is -0.378 e. The summed E-state index contributed by atoms with van der Waals surface area (Å²) >= 11 is 1.41. The minimum atomic E-state index is 0.318. The highest BCUT2D eigenvalue weighted by atomic mass is 32.2. The Kier molecular flexibility index (Phi) is 5.54. The van der Waals surface area contributed by atoms with E-state index in [0.717, 1.165) is 18.9 Å². The summed E-state index contributed by atoms with van der Waals surface area (Å²) in [5, 5.41) is 0. The van der Waals surface area contributed by atoms with Gasteiger partial charge in [-0.2, -0.15) is 0 Å². The smallest absolute Gasteiger partial charge is 0.0864 e. The Morgan fingerprint density at radius 2 is 1.89 bits per heavy atom. The van der Waals surface area contributed by atoms with Crippen molar-refractivity contribution in [3.05, 3.63) is 35.4 Å². The lowest BCUT2D eigenvalue weighted by molar-refractivity contribution is 0.0587. The van der Waals surface area contributed by atoms with Crippen molar-refractivity contribution in [1.82, 2.24) is 0 Å². The summed E-state index contributed by atoms with van der Waals surface area (Å²) < 4.78 is 11.1. The number of hydrogen-bond donors (Lipinski definition) is 0. The molecule has 0 amide bonds. The van der Waals surface area contributed by atoms with Crippen LogP contribution in [-0.2, 0) is 21.9 Å². The van der Waals surface area contributed by atoms with E-state index in [1.807, 2.05) is 6.26 Å². The average Bonchev–Trinajstić information content (AvgIpc) is 3.20. The van der Waals surface area contributed by atoms with E-state index in [2.05, 4.69) is 31.2 Å². The molecule has 0 heterocycles. The van der Waals surface area contributed by atoms with Crippen molar-refractivity contribution < 1.29 is 8.92 Å². The van der Waals surface area contributed by atoms with Gasteiger partial charge < -0.3 is 8.92 Å². The highest BCUT2D eigenvalue weighted by Crippen LogP contribution is 2.29. The van der Waals surface area contributed by atoms with Crippen LogP contribution < -0.4 is 0 Å². The summed E-state index contributed by atoms with van der Waals surface area (Å²) in [5.74, 6) is 0.846. The maximum atomic E-state index is 5.84. The van der Waals surface area contributed by atoms with E-state index >= 15 is 0 Å². The van der Waals surface area contributed by atoms with E-state index in [0.29, 0.717) is 12.7 Å². The summed E-state index contributed by atoms with van der Waals surface area (Å²) in [7, 11) is 0. The third kappa shape index (κ3) is 5.01. The highest BCUT2D eigenvalue weighted by Gasteiger charge is 2.22. The number of ether oxygens (including phenoxy) is 1. The summed E-state index contributed by atoms with van der Waals surface area (Å²) in [4.78, 5) is 0. The van der Waals surface area contributed by atoms with Gasteiger partial charge in [-0.3, -0.25) is 0 Å². The van der Waals surface area contributed by atoms with Gasteiger partial charge >= 0.3 is 0 Å². The SMILES string of the molecule is CSOCc1ccc(CC(C)OCC2CC2)cc1. The maximum Gasteiger partial charge on any atom is 0.0864 e. The van der Waals surface area contributed by atoms with Crippen LogP contribution in [0.3, 0.4) is 0 Å². The molecule has 0 N–H and O–H groups in total. The first-order valence-corrected chi connectivity index (χ1v) is 7.78. The fraction of sp³-hybridized carbons (Fsp3) is 0.600. The summed E-state index contributed by atoms with van der Waals surface area (Å²) in [6, 6.07) is 8.63. The molecule has 1 saturated carbocycles. The van der Waals surface area contributed by atoms with Gasteiger partial charge in [-0.1, -0.05) is 24.3 Å². The minimum absolute atomic E-state index is 0.318. The predicted octanol–water partition coefficient (Wildman–Crippen LogP) is 3.84. The number of benzene rings is 1. The van der Waals surface area contributed by atoms with Crippen molar-refractivity contribution in [3.8, 4) is 0 Å². The molecule has 2 nitrogen and oxygen atoms in total. The predicted molar refractivity (Wildman–Crippen MR) is 76.6 cm³/mol. The molecule has 0 aromatic heterocycles. The second kappa shape index (κ2) is 7.17. The zero-order chi connectivity index (χ0) is 12.8. The molecule has 1 fully saturated rings. The molecular formula is C15H22O2S. The van der Waals surface area contributed by atoms with Gasteiger partial charge in [0.2, 0.25) is 0 Å². The van der Waals surface area contributed by atoms with Crippen molar-refractivity contribution in [2.75, 3.05) is 12.9 Å². The van der Waals surface area contributed by atoms with E-state index in [4.69, 9.17) is 8.92 Å². The molecule has 0 bridgehead atoms. The molecule has 0 aliphatic heterocycles. The molecule has 1 aliphatic rings. The summed E-state index contributed by atoms with van der Waals surface area (Å²) in [6.45, 7) is 3.78. The van der Waals surface area contributed by atoms with Crippen LogP contribution in [0.5, 0.6) is 0 Å². The summed E-state index contributed by atoms with van der Waals surface area (Å²) in [6.07, 6.45) is 5.97. The Hall–Kier alpha value is -0.510. The van der Waals surface area contributed by atoms with Gasteiger partial charge in [0.1, 0.15) is 0 Å². The molecule has 100 valence electrons. The topological polar surface area (TPSA) is 18.5 Å². The van der Waals surface area contributed by atoms with Gasteiger partial charge in [-0.15, -0.1) is 0 Å². The molecule has 1 aromatic carbocycles. The first kappa shape index (κ1) is 13.9. The first-order chi connectivity index (χ1) is 8.78. The largest absolute Gasteiger partial charge is 0.378 e. The van der Waals surface area contributed by atoms with Crippen LogP contribution in [-0.4, -0.2) is 19.0 Å². The molecule has 1 aliphatic carbocycles. The van der Waals surface area contributed by atoms with Crippen molar-refractivity contribution >= 4 is 12.0 Å². The third-order valence-electron chi connectivity index (χ3n) is 3.20. The molecule has 1 aromatic rings. The van der Waals surface area contributed by atoms with Crippen LogP contribution in [0.4, 0.5) is 0 Å². The van der Waals surface area contributed by atoms with E-state index in [1.54, 1.807) is 0 Å². The van der Waals surface area contributed by atoms with Crippen LogP contribution in [0.25, 0.3) is 0 Å². The maximum absolute atomic E-state index is 5.84. The van der Waals surface area contributed by atoms with E-state index in [1.165, 1.54) is 36.0 Å². The van der Waals surface area contributed by atoms with Gasteiger partial charge in [0.05, 0.1) is 12.7 Å². The lowest BCUT2D eigenvalue weighted by Crippen LogP contribution is -2.13. The van der Waals surface area contributed by atoms with E-state index in [9.17, 15) is 0 Å². The van der Waals surface area contributed by atoms with Gasteiger partial charge in [0.15, 0.2) is 0 Å². The van der Waals surface area contributed by atoms with Crippen LogP contribution in [0.1, 0.15) is 30.9 Å². The average molecular weight is 266 g/mol. The molecule has 1 atom stereocenters. The van der Waals surface area contributed by atoms with Gasteiger partial charge in [0.25, 0.3) is 0 Å². The fourth-order valence-corrected chi connectivity index (χ4v) is 2.13. The highest BCUT2D eigenvalue weighted by molar-refractivity contribution is 7.93. The summed E-state index contributed by atoms with van der Waals surface area (Å²) in [5.41, 5.74) is 2.56. The van der Waals surface area contributed by atoms with Gasteiger partial charge in [-0.25, -0.2) is 0 Å². The number of hydrogen-bond acceptors (Lipinski definition) is 3. The van der Waals surface area contributed by atoms with E-state index < -0.39 is 0 Å². The molecule has 18 heavy (non-hydrogen) atoms. The normalized spacial score (nSPS) is 16.8. The van der Waals surface area contributed by atoms with Crippen molar-refractivity contribution in [3.63, 3.8) is 0 Å². The van der Waals surface area contributed by atoms with Crippen molar-refractivity contribution in [1.29, 1.82) is 0 Å². The van der Waals surface area contributed by atoms with Gasteiger partial charge in [0, 0.05) is 12.9 Å². The molecule has 0 saturated heterocycles. The first-order valence-electron chi connectivity index (χ1n) is 6.63. The third-order valence-corrected chi connectivity index (χ3v) is 3.56. The van der Waals surface area contributed by atoms with Crippen molar-refractivity contribution in [2.24, 2.45) is 5.92 Å². The van der Waals surface area contributed by atoms with Crippen LogP contribution in [0.15, 0.2) is 24.3 Å². The molecule has 0 spiro atoms. The fourth-order valence-electron chi connectivity index (χ4n) is 1.87. The monoisotopic (exact) mass is 266 g/mol. The zero-order valence-corrected chi connectivity index (χ0v) is 12.0. The lowest BCUT2D eigenvalue weighted by atomic mass is 10.1. The molecule has 2 rings (SSSR count). The second-order valence-electron chi connectivity index (χ2n) is 5.04. The van der Waals surface area contributed by atoms with Crippen LogP contribution >= 0.6 is 12.0 Å². The number of rotatable bonds is 8. The Balaban J connectivity index is 1.73. The Morgan fingerprint density at radius 1 is 1.22 bits per heavy atom. The molecule has 0 radical (unpaired) electrons. The van der Waals surface area contributed by atoms with Crippen LogP contribution in [0.2, 0.25) is 0 Å². The quantitative estimate of drug-likeness (QED) is 0.666. The van der Waals surface area contributed by atoms with Crippen molar-refractivity contribution in [2.45, 2.75) is 38.9 Å². The Bertz CT molecular complexity index is 346. The Labute approximate surface area is 114 Å². The zero-order valence-electron chi connectivity index (χ0n) is 11.2. The van der Waals surface area contributed by atoms with Gasteiger partial charge in [-0.05, 0) is 55.3 Å². The van der Waals surface area contributed by atoms with Crippen LogP contribution in [0, 0.1) is 5.92 Å². The Morgan fingerprint density at radius 3 is 2.50 bits per heavy atom. The molecular weight excluding hydrogens is 244 g/mol. The molecule has 3 heteroatoms. The van der Waals surface area contributed by atoms with E-state index in [-0.39, 0.29) is 0 Å². The molecule has 1 unspecified atom stereocenters. The lowest BCUT2D eigenvalue weighted by Gasteiger charge is -2.13. The second-order valence-corrected chi connectivity index (χ2v) is 5.61.